The maximum Gasteiger partial charge on any atom is 0.213 e. The third-order valence-electron chi connectivity index (χ3n) is 4.13. The molecule has 2 rings (SSSR count). The average Bonchev–Trinajstić information content (AvgIpc) is 3.11. The van der Waals surface area contributed by atoms with E-state index < -0.39 is 0 Å². The summed E-state index contributed by atoms with van der Waals surface area (Å²) in [7, 11) is 1.73. The minimum Gasteiger partial charge on any atom is -0.492 e. The van der Waals surface area contributed by atoms with Gasteiger partial charge in [-0.1, -0.05) is 46.8 Å². The zero-order chi connectivity index (χ0) is 19.9. The van der Waals surface area contributed by atoms with Crippen LogP contribution in [0.2, 0.25) is 0 Å². The van der Waals surface area contributed by atoms with Crippen LogP contribution >= 0.6 is 0 Å². The number of rotatable bonds is 7. The molecule has 0 aliphatic rings. The number of aromatic nitrogens is 1. The maximum absolute atomic E-state index is 5.77. The van der Waals surface area contributed by atoms with E-state index >= 15 is 0 Å². The first kappa shape index (κ1) is 20.8. The number of hydrogen-bond donors (Lipinski definition) is 2. The molecule has 0 saturated carbocycles. The van der Waals surface area contributed by atoms with Crippen molar-refractivity contribution in [2.24, 2.45) is 4.99 Å². The second-order valence-electron chi connectivity index (χ2n) is 7.79. The van der Waals surface area contributed by atoms with Crippen LogP contribution in [0, 0.1) is 0 Å². The summed E-state index contributed by atoms with van der Waals surface area (Å²) in [5, 5.41) is 6.42. The molecule has 0 aliphatic carbocycles. The molecule has 6 heteroatoms. The molecule has 0 saturated heterocycles. The van der Waals surface area contributed by atoms with Crippen molar-refractivity contribution >= 4 is 5.96 Å². The standard InChI is InChI=1S/C21H32N4O2/c1-15(2)16-7-9-17(10-8-16)26-12-11-23-20(22-6)25-14-19-24-13-18(27-19)21(3,4)5/h7-10,13,15H,11-12,14H2,1-6H3,(H2,22,23,25). The highest BCUT2D eigenvalue weighted by atomic mass is 16.5. The van der Waals surface area contributed by atoms with E-state index in [1.807, 2.05) is 12.1 Å². The van der Waals surface area contributed by atoms with Crippen LogP contribution in [0.3, 0.4) is 0 Å². The van der Waals surface area contributed by atoms with Crippen LogP contribution in [-0.4, -0.2) is 31.1 Å². The second-order valence-corrected chi connectivity index (χ2v) is 7.79. The van der Waals surface area contributed by atoms with Gasteiger partial charge in [0.05, 0.1) is 19.3 Å². The number of nitrogens with zero attached hydrogens (tertiary/aromatic N) is 2. The van der Waals surface area contributed by atoms with Gasteiger partial charge in [0.25, 0.3) is 0 Å². The molecule has 0 spiro atoms. The Bertz CT molecular complexity index is 727. The highest BCUT2D eigenvalue weighted by Crippen LogP contribution is 2.22. The van der Waals surface area contributed by atoms with Gasteiger partial charge in [-0.15, -0.1) is 0 Å². The van der Waals surface area contributed by atoms with E-state index in [2.05, 4.69) is 67.4 Å². The highest BCUT2D eigenvalue weighted by molar-refractivity contribution is 5.79. The molecule has 1 heterocycles. The summed E-state index contributed by atoms with van der Waals surface area (Å²) in [5.74, 6) is 3.60. The molecule has 0 fully saturated rings. The summed E-state index contributed by atoms with van der Waals surface area (Å²) in [6, 6.07) is 8.24. The molecule has 148 valence electrons. The Kier molecular flexibility index (Phi) is 7.28. The van der Waals surface area contributed by atoms with Crippen molar-refractivity contribution in [1.82, 2.24) is 15.6 Å². The molecule has 1 aromatic carbocycles. The molecule has 2 aromatic rings. The first-order valence-corrected chi connectivity index (χ1v) is 9.42. The molecular weight excluding hydrogens is 340 g/mol. The van der Waals surface area contributed by atoms with Crippen LogP contribution in [0.25, 0.3) is 0 Å². The third-order valence-corrected chi connectivity index (χ3v) is 4.13. The van der Waals surface area contributed by atoms with E-state index in [1.165, 1.54) is 5.56 Å². The largest absolute Gasteiger partial charge is 0.492 e. The lowest BCUT2D eigenvalue weighted by Crippen LogP contribution is -2.38. The van der Waals surface area contributed by atoms with Crippen molar-refractivity contribution in [3.05, 3.63) is 47.7 Å². The van der Waals surface area contributed by atoms with Gasteiger partial charge >= 0.3 is 0 Å². The van der Waals surface area contributed by atoms with Gasteiger partial charge in [0, 0.05) is 12.5 Å². The van der Waals surface area contributed by atoms with Crippen molar-refractivity contribution in [2.45, 2.75) is 52.5 Å². The van der Waals surface area contributed by atoms with Crippen molar-refractivity contribution in [3.63, 3.8) is 0 Å². The molecule has 0 unspecified atom stereocenters. The fraction of sp³-hybridized carbons (Fsp3) is 0.524. The predicted octanol–water partition coefficient (Wildman–Crippen LogP) is 3.84. The quantitative estimate of drug-likeness (QED) is 0.439. The summed E-state index contributed by atoms with van der Waals surface area (Å²) in [6.07, 6.45) is 1.78. The van der Waals surface area contributed by atoms with Gasteiger partial charge in [-0.05, 0) is 23.6 Å². The Morgan fingerprint density at radius 3 is 2.44 bits per heavy atom. The highest BCUT2D eigenvalue weighted by Gasteiger charge is 2.19. The van der Waals surface area contributed by atoms with Crippen LogP contribution in [0.5, 0.6) is 5.75 Å². The van der Waals surface area contributed by atoms with Crippen molar-refractivity contribution in [3.8, 4) is 5.75 Å². The number of benzene rings is 1. The number of oxazole rings is 1. The van der Waals surface area contributed by atoms with Gasteiger partial charge in [0.1, 0.15) is 18.1 Å². The van der Waals surface area contributed by atoms with Gasteiger partial charge in [-0.3, -0.25) is 4.99 Å². The Labute approximate surface area is 162 Å². The molecular formula is C21H32N4O2. The summed E-state index contributed by atoms with van der Waals surface area (Å²) in [5.41, 5.74) is 1.27. The van der Waals surface area contributed by atoms with Gasteiger partial charge in [-0.2, -0.15) is 0 Å². The van der Waals surface area contributed by atoms with E-state index in [0.717, 1.165) is 11.5 Å². The Hall–Kier alpha value is -2.50. The number of guanidine groups is 1. The van der Waals surface area contributed by atoms with E-state index in [0.29, 0.717) is 37.5 Å². The molecule has 0 atom stereocenters. The van der Waals surface area contributed by atoms with E-state index in [1.54, 1.807) is 13.2 Å². The lowest BCUT2D eigenvalue weighted by molar-refractivity contribution is 0.321. The van der Waals surface area contributed by atoms with Crippen LogP contribution in [0.15, 0.2) is 39.9 Å². The lowest BCUT2D eigenvalue weighted by atomic mass is 9.94. The van der Waals surface area contributed by atoms with Crippen LogP contribution in [-0.2, 0) is 12.0 Å². The smallest absolute Gasteiger partial charge is 0.213 e. The number of nitrogens with one attached hydrogen (secondary N) is 2. The third kappa shape index (κ3) is 6.62. The first-order valence-electron chi connectivity index (χ1n) is 9.42. The second kappa shape index (κ2) is 9.44. The summed E-state index contributed by atoms with van der Waals surface area (Å²) < 4.78 is 11.5. The molecule has 2 N–H and O–H groups in total. The van der Waals surface area contributed by atoms with Crippen LogP contribution < -0.4 is 15.4 Å². The zero-order valence-electron chi connectivity index (χ0n) is 17.3. The van der Waals surface area contributed by atoms with Crippen molar-refractivity contribution < 1.29 is 9.15 Å². The van der Waals surface area contributed by atoms with E-state index in [9.17, 15) is 0 Å². The van der Waals surface area contributed by atoms with Gasteiger partial charge < -0.3 is 19.8 Å². The van der Waals surface area contributed by atoms with Gasteiger partial charge in [0.15, 0.2) is 5.96 Å². The van der Waals surface area contributed by atoms with E-state index in [-0.39, 0.29) is 5.41 Å². The lowest BCUT2D eigenvalue weighted by Gasteiger charge is -2.14. The van der Waals surface area contributed by atoms with Crippen molar-refractivity contribution in [1.29, 1.82) is 0 Å². The predicted molar refractivity (Wildman–Crippen MR) is 109 cm³/mol. The molecule has 27 heavy (non-hydrogen) atoms. The molecule has 0 bridgehead atoms. The zero-order valence-corrected chi connectivity index (χ0v) is 17.3. The van der Waals surface area contributed by atoms with E-state index in [4.69, 9.17) is 9.15 Å². The van der Waals surface area contributed by atoms with Crippen molar-refractivity contribution in [2.75, 3.05) is 20.2 Å². The van der Waals surface area contributed by atoms with Gasteiger partial charge in [0.2, 0.25) is 5.89 Å². The Morgan fingerprint density at radius 2 is 1.89 bits per heavy atom. The normalized spacial score (nSPS) is 12.3. The minimum absolute atomic E-state index is 0.0457. The number of hydrogen-bond acceptors (Lipinski definition) is 4. The maximum atomic E-state index is 5.77. The molecule has 6 nitrogen and oxygen atoms in total. The summed E-state index contributed by atoms with van der Waals surface area (Å²) >= 11 is 0. The topological polar surface area (TPSA) is 71.7 Å². The SMILES string of the molecule is CN=C(NCCOc1ccc(C(C)C)cc1)NCc1ncc(C(C)(C)C)o1. The fourth-order valence-corrected chi connectivity index (χ4v) is 2.41. The summed E-state index contributed by atoms with van der Waals surface area (Å²) in [4.78, 5) is 8.51. The molecule has 0 radical (unpaired) electrons. The average molecular weight is 373 g/mol. The molecule has 1 aromatic heterocycles. The number of ether oxygens (including phenoxy) is 1. The number of aliphatic imine (C=N–C) groups is 1. The first-order chi connectivity index (χ1) is 12.8. The Balaban J connectivity index is 1.72. The van der Waals surface area contributed by atoms with Gasteiger partial charge in [-0.25, -0.2) is 4.98 Å². The van der Waals surface area contributed by atoms with Crippen LogP contribution in [0.1, 0.15) is 57.8 Å². The van der Waals surface area contributed by atoms with Crippen LogP contribution in [0.4, 0.5) is 0 Å². The summed E-state index contributed by atoms with van der Waals surface area (Å²) in [6.45, 7) is 12.3. The minimum atomic E-state index is -0.0457. The molecule has 0 aliphatic heterocycles. The Morgan fingerprint density at radius 1 is 1.19 bits per heavy atom. The fourth-order valence-electron chi connectivity index (χ4n) is 2.41. The monoisotopic (exact) mass is 372 g/mol. The molecule has 0 amide bonds.